The van der Waals surface area contributed by atoms with Gasteiger partial charge >= 0.3 is 11.9 Å². The van der Waals surface area contributed by atoms with Crippen LogP contribution in [-0.2, 0) is 28.6 Å². The minimum Gasteiger partial charge on any atom is -0.544 e. The summed E-state index contributed by atoms with van der Waals surface area (Å²) >= 11 is 0. The van der Waals surface area contributed by atoms with Crippen molar-refractivity contribution in [2.75, 3.05) is 41.0 Å². The van der Waals surface area contributed by atoms with Gasteiger partial charge in [-0.3, -0.25) is 9.59 Å². The third-order valence-electron chi connectivity index (χ3n) is 11.9. The van der Waals surface area contributed by atoms with Gasteiger partial charge in [0.2, 0.25) is 0 Å². The zero-order chi connectivity index (χ0) is 47.0. The maximum Gasteiger partial charge on any atom is 0.306 e. The maximum absolute atomic E-state index is 12.8. The highest BCUT2D eigenvalue weighted by molar-refractivity contribution is 5.70. The van der Waals surface area contributed by atoms with Crippen molar-refractivity contribution in [3.05, 3.63) is 48.6 Å². The zero-order valence-corrected chi connectivity index (χ0v) is 42.4. The van der Waals surface area contributed by atoms with Gasteiger partial charge in [-0.25, -0.2) is 0 Å². The van der Waals surface area contributed by atoms with E-state index in [2.05, 4.69) is 62.5 Å². The topological polar surface area (TPSA) is 102 Å². The molecule has 0 aromatic rings. The lowest BCUT2D eigenvalue weighted by molar-refractivity contribution is -0.889. The Balaban J connectivity index is 4.22. The van der Waals surface area contributed by atoms with Crippen molar-refractivity contribution >= 4 is 17.9 Å². The average molecular weight is 900 g/mol. The molecule has 8 heteroatoms. The van der Waals surface area contributed by atoms with Crippen molar-refractivity contribution in [3.63, 3.8) is 0 Å². The molecule has 0 aliphatic heterocycles. The summed E-state index contributed by atoms with van der Waals surface area (Å²) in [5.74, 6) is -1.74. The first-order valence-electron chi connectivity index (χ1n) is 26.7. The van der Waals surface area contributed by atoms with Crippen LogP contribution in [-0.4, -0.2) is 75.5 Å². The molecule has 0 fully saturated rings. The van der Waals surface area contributed by atoms with Gasteiger partial charge < -0.3 is 28.6 Å². The number of likely N-dealkylation sites (N-methyl/N-ethyl adjacent to an activating group) is 1. The number of aliphatic carboxylic acids is 1. The summed E-state index contributed by atoms with van der Waals surface area (Å²) in [4.78, 5) is 37.1. The first-order chi connectivity index (χ1) is 31.1. The Morgan fingerprint density at radius 3 is 1.31 bits per heavy atom. The Bertz CT molecular complexity index is 1190. The molecule has 0 rings (SSSR count). The van der Waals surface area contributed by atoms with Crippen LogP contribution in [0.3, 0.4) is 0 Å². The van der Waals surface area contributed by atoms with Crippen LogP contribution in [0.1, 0.15) is 239 Å². The number of quaternary nitrogens is 1. The predicted octanol–water partition coefficient (Wildman–Crippen LogP) is 14.2. The van der Waals surface area contributed by atoms with Crippen molar-refractivity contribution in [1.82, 2.24) is 0 Å². The molecule has 0 aliphatic rings. The molecule has 0 heterocycles. The Hall–Kier alpha value is -2.71. The third-order valence-corrected chi connectivity index (χ3v) is 11.9. The lowest BCUT2D eigenvalue weighted by atomic mass is 10.1. The normalized spacial score (nSPS) is 13.2. The first-order valence-corrected chi connectivity index (χ1v) is 26.7. The molecule has 0 bridgehead atoms. The Morgan fingerprint density at radius 2 is 0.875 bits per heavy atom. The molecular weight excluding hydrogens is 799 g/mol. The van der Waals surface area contributed by atoms with Gasteiger partial charge in [-0.1, -0.05) is 197 Å². The van der Waals surface area contributed by atoms with Crippen molar-refractivity contribution in [2.45, 2.75) is 251 Å². The number of carboxylic acid groups (broad SMARTS) is 1. The minimum atomic E-state index is -1.13. The van der Waals surface area contributed by atoms with Crippen LogP contribution in [0.2, 0.25) is 0 Å². The fourth-order valence-electron chi connectivity index (χ4n) is 7.85. The highest BCUT2D eigenvalue weighted by Crippen LogP contribution is 2.15. The van der Waals surface area contributed by atoms with Crippen LogP contribution < -0.4 is 5.11 Å². The van der Waals surface area contributed by atoms with E-state index in [0.717, 1.165) is 64.2 Å². The molecular formula is C56H101NO7. The number of hydrogen-bond acceptors (Lipinski definition) is 7. The number of nitrogens with zero attached hydrogens (tertiary/aromatic N) is 1. The maximum atomic E-state index is 12.8. The van der Waals surface area contributed by atoms with E-state index in [0.29, 0.717) is 12.8 Å². The van der Waals surface area contributed by atoms with E-state index < -0.39 is 18.1 Å². The summed E-state index contributed by atoms with van der Waals surface area (Å²) in [5, 5.41) is 11.7. The van der Waals surface area contributed by atoms with Gasteiger partial charge in [-0.2, -0.15) is 0 Å². The van der Waals surface area contributed by atoms with Crippen molar-refractivity contribution in [3.8, 4) is 0 Å². The number of unbranched alkanes of at least 4 members (excludes halogenated alkanes) is 26. The first kappa shape index (κ1) is 61.3. The fourth-order valence-corrected chi connectivity index (χ4v) is 7.85. The van der Waals surface area contributed by atoms with Crippen LogP contribution in [0.15, 0.2) is 48.6 Å². The molecule has 64 heavy (non-hydrogen) atoms. The Morgan fingerprint density at radius 1 is 0.484 bits per heavy atom. The van der Waals surface area contributed by atoms with E-state index in [-0.39, 0.29) is 42.7 Å². The third kappa shape index (κ3) is 44.5. The summed E-state index contributed by atoms with van der Waals surface area (Å²) in [6.07, 6.45) is 57.1. The SMILES string of the molecule is CC/C=C/C/C=C/C/C=C/CCCCCCCCCCCC(=O)OC(COCCC(C(=O)[O-])[N+](C)(C)C)COC(=O)CCCCCCCCC/C=C/CCCCCCCCCCCC. The molecule has 0 saturated heterocycles. The molecule has 372 valence electrons. The van der Waals surface area contributed by atoms with Gasteiger partial charge in [-0.05, 0) is 70.6 Å². The molecule has 0 amide bonds. The molecule has 0 aromatic carbocycles. The quantitative estimate of drug-likeness (QED) is 0.0259. The summed E-state index contributed by atoms with van der Waals surface area (Å²) in [7, 11) is 5.42. The van der Waals surface area contributed by atoms with Crippen molar-refractivity contribution in [1.29, 1.82) is 0 Å². The van der Waals surface area contributed by atoms with Gasteiger partial charge in [-0.15, -0.1) is 0 Å². The number of esters is 2. The highest BCUT2D eigenvalue weighted by Gasteiger charge is 2.25. The van der Waals surface area contributed by atoms with Gasteiger partial charge in [0.25, 0.3) is 0 Å². The van der Waals surface area contributed by atoms with E-state index in [4.69, 9.17) is 14.2 Å². The minimum absolute atomic E-state index is 0.0376. The number of carboxylic acids is 1. The molecule has 0 saturated carbocycles. The molecule has 2 unspecified atom stereocenters. The number of carbonyl (C=O) groups is 3. The number of allylic oxidation sites excluding steroid dienone is 8. The van der Waals surface area contributed by atoms with Gasteiger partial charge in [0.1, 0.15) is 12.6 Å². The van der Waals surface area contributed by atoms with Crippen LogP contribution in [0.5, 0.6) is 0 Å². The van der Waals surface area contributed by atoms with Gasteiger partial charge in [0.15, 0.2) is 6.10 Å². The zero-order valence-electron chi connectivity index (χ0n) is 42.4. The number of hydrogen-bond donors (Lipinski definition) is 0. The van der Waals surface area contributed by atoms with E-state index >= 15 is 0 Å². The molecule has 0 aromatic heterocycles. The average Bonchev–Trinajstić information content (AvgIpc) is 3.26. The summed E-state index contributed by atoms with van der Waals surface area (Å²) in [5.41, 5.74) is 0. The Kier molecular flexibility index (Phi) is 44.8. The number of ether oxygens (including phenoxy) is 3. The molecule has 8 nitrogen and oxygen atoms in total. The summed E-state index contributed by atoms with van der Waals surface area (Å²) in [6.45, 7) is 4.57. The second kappa shape index (κ2) is 46.8. The van der Waals surface area contributed by atoms with E-state index in [1.54, 1.807) is 21.1 Å². The van der Waals surface area contributed by atoms with E-state index in [1.165, 1.54) is 141 Å². The molecule has 2 atom stereocenters. The number of rotatable bonds is 48. The molecule has 0 spiro atoms. The largest absolute Gasteiger partial charge is 0.544 e. The van der Waals surface area contributed by atoms with Gasteiger partial charge in [0.05, 0.1) is 40.3 Å². The van der Waals surface area contributed by atoms with Crippen LogP contribution in [0.4, 0.5) is 0 Å². The monoisotopic (exact) mass is 900 g/mol. The summed E-state index contributed by atoms with van der Waals surface area (Å²) in [6, 6.07) is -0.729. The number of carbonyl (C=O) groups excluding carboxylic acids is 3. The smallest absolute Gasteiger partial charge is 0.306 e. The highest BCUT2D eigenvalue weighted by atomic mass is 16.6. The lowest BCUT2D eigenvalue weighted by Gasteiger charge is -2.34. The standard InChI is InChI=1S/C56H101NO7/c1-6-8-10-12-14-16-18-20-22-24-26-27-29-30-32-34-36-38-40-42-44-46-54(58)63-51-52(50-62-49-48-53(56(60)61)57(3,4)5)64-55(59)47-45-43-41-39-37-35-33-31-28-25-23-21-19-17-15-13-11-9-7-2/h9,11,15,17,21,23,27,29,52-53H,6-8,10,12-14,16,18-20,22,24-26,28,30-51H2,1-5H3/b11-9+,17-15+,23-21+,29-27+. The van der Waals surface area contributed by atoms with Crippen LogP contribution >= 0.6 is 0 Å². The lowest BCUT2D eigenvalue weighted by Crippen LogP contribution is -2.55. The second-order valence-corrected chi connectivity index (χ2v) is 19.1. The van der Waals surface area contributed by atoms with Crippen LogP contribution in [0, 0.1) is 0 Å². The second-order valence-electron chi connectivity index (χ2n) is 19.1. The molecule has 0 aliphatic carbocycles. The predicted molar refractivity (Wildman–Crippen MR) is 268 cm³/mol. The van der Waals surface area contributed by atoms with E-state index in [1.807, 2.05) is 0 Å². The summed E-state index contributed by atoms with van der Waals surface area (Å²) < 4.78 is 17.3. The molecule has 0 N–H and O–H groups in total. The Labute approximate surface area is 395 Å². The van der Waals surface area contributed by atoms with Gasteiger partial charge in [0, 0.05) is 19.3 Å². The van der Waals surface area contributed by atoms with E-state index in [9.17, 15) is 19.5 Å². The molecule has 0 radical (unpaired) electrons. The van der Waals surface area contributed by atoms with Crippen LogP contribution in [0.25, 0.3) is 0 Å². The fraction of sp³-hybridized carbons (Fsp3) is 0.804. The van der Waals surface area contributed by atoms with Crippen molar-refractivity contribution in [2.24, 2.45) is 0 Å². The van der Waals surface area contributed by atoms with Crippen molar-refractivity contribution < 1.29 is 38.2 Å².